The van der Waals surface area contributed by atoms with Crippen LogP contribution in [0.25, 0.3) is 31.6 Å². The summed E-state index contributed by atoms with van der Waals surface area (Å²) in [7, 11) is 3.21. The molecule has 1 amide bonds. The Balaban J connectivity index is 1.34. The zero-order chi connectivity index (χ0) is 26.1. The van der Waals surface area contributed by atoms with Crippen molar-refractivity contribution >= 4 is 38.4 Å². The topological polar surface area (TPSA) is 119 Å². The third-order valence-electron chi connectivity index (χ3n) is 6.49. The maximum Gasteiger partial charge on any atom is 0.419 e. The van der Waals surface area contributed by atoms with Gasteiger partial charge >= 0.3 is 5.76 Å². The lowest BCUT2D eigenvalue weighted by Crippen LogP contribution is -2.46. The molecule has 0 bridgehead atoms. The van der Waals surface area contributed by atoms with Crippen LogP contribution < -0.4 is 16.4 Å². The number of nitrogens with zero attached hydrogens (tertiary/aromatic N) is 2. The normalized spacial score (nSPS) is 19.0. The molecule has 37 heavy (non-hydrogen) atoms. The molecular weight excluding hydrogens is 499 g/mol. The lowest BCUT2D eigenvalue weighted by molar-refractivity contribution is -0.133. The van der Waals surface area contributed by atoms with Crippen molar-refractivity contribution in [3.05, 3.63) is 58.3 Å². The molecule has 5 rings (SSSR count). The number of ether oxygens (including phenoxy) is 2. The summed E-state index contributed by atoms with van der Waals surface area (Å²) < 4.78 is 33.5. The summed E-state index contributed by atoms with van der Waals surface area (Å²) in [5, 5.41) is 16.1. The standard InChI is InChI=1S/C26H25FN4O5S/c1-31-19-8-14(5-6-20(19)36-26(31)33)22-9-16-4-3-15(23(27)24(16)37-22)7-17(10-28)30-25(32)21-12-29-11-18(34-2)13-35-21/h3-6,8-9,17-18,21,29H,7,11-13H2,1-2H3,(H,30,32)/t17-,18?,21-/m1/s1. The molecule has 1 saturated heterocycles. The number of halogens is 1. The Labute approximate surface area is 215 Å². The fraction of sp³-hybridized carbons (Fsp3) is 0.346. The molecule has 9 nitrogen and oxygen atoms in total. The first-order valence-corrected chi connectivity index (χ1v) is 12.6. The molecule has 0 saturated carbocycles. The molecule has 0 aliphatic carbocycles. The third-order valence-corrected chi connectivity index (χ3v) is 7.68. The lowest BCUT2D eigenvalue weighted by Gasteiger charge is -2.18. The van der Waals surface area contributed by atoms with Crippen LogP contribution in [0.1, 0.15) is 5.56 Å². The molecule has 2 aromatic carbocycles. The van der Waals surface area contributed by atoms with Crippen molar-refractivity contribution in [1.82, 2.24) is 15.2 Å². The van der Waals surface area contributed by atoms with Crippen LogP contribution in [0.15, 0.2) is 45.6 Å². The second-order valence-corrected chi connectivity index (χ2v) is 9.96. The van der Waals surface area contributed by atoms with E-state index in [-0.39, 0.29) is 19.1 Å². The average molecular weight is 525 g/mol. The van der Waals surface area contributed by atoms with Gasteiger partial charge < -0.3 is 24.5 Å². The first-order chi connectivity index (χ1) is 17.9. The minimum absolute atomic E-state index is 0.0151. The third kappa shape index (κ3) is 5.01. The number of benzene rings is 2. The highest BCUT2D eigenvalue weighted by molar-refractivity contribution is 7.22. The highest BCUT2D eigenvalue weighted by Gasteiger charge is 2.27. The van der Waals surface area contributed by atoms with Crippen molar-refractivity contribution in [2.75, 3.05) is 26.8 Å². The number of hydrogen-bond acceptors (Lipinski definition) is 8. The van der Waals surface area contributed by atoms with E-state index in [4.69, 9.17) is 13.9 Å². The number of methoxy groups -OCH3 is 1. The van der Waals surface area contributed by atoms with Crippen molar-refractivity contribution in [2.45, 2.75) is 24.7 Å². The van der Waals surface area contributed by atoms with Crippen molar-refractivity contribution in [1.29, 1.82) is 5.26 Å². The van der Waals surface area contributed by atoms with E-state index in [1.807, 2.05) is 18.2 Å². The molecule has 1 aliphatic heterocycles. The van der Waals surface area contributed by atoms with Gasteiger partial charge in [-0.05, 0) is 40.8 Å². The van der Waals surface area contributed by atoms with Gasteiger partial charge in [-0.25, -0.2) is 9.18 Å². The number of carbonyl (C=O) groups is 1. The maximum atomic E-state index is 15.5. The zero-order valence-corrected chi connectivity index (χ0v) is 21.1. The lowest BCUT2D eigenvalue weighted by atomic mass is 10.0. The number of rotatable bonds is 6. The van der Waals surface area contributed by atoms with Gasteiger partial charge in [-0.1, -0.05) is 12.1 Å². The van der Waals surface area contributed by atoms with Gasteiger partial charge in [0.05, 0.1) is 29.0 Å². The molecule has 3 atom stereocenters. The first kappa shape index (κ1) is 25.1. The summed E-state index contributed by atoms with van der Waals surface area (Å²) in [6, 6.07) is 11.9. The van der Waals surface area contributed by atoms with E-state index >= 15 is 4.39 Å². The van der Waals surface area contributed by atoms with Crippen LogP contribution in [0, 0.1) is 17.1 Å². The van der Waals surface area contributed by atoms with E-state index in [0.29, 0.717) is 34.5 Å². The Morgan fingerprint density at radius 3 is 2.97 bits per heavy atom. The fourth-order valence-electron chi connectivity index (χ4n) is 4.34. The zero-order valence-electron chi connectivity index (χ0n) is 20.2. The number of aromatic nitrogens is 1. The largest absolute Gasteiger partial charge is 0.419 e. The summed E-state index contributed by atoms with van der Waals surface area (Å²) >= 11 is 1.28. The van der Waals surface area contributed by atoms with Crippen LogP contribution in [0.4, 0.5) is 4.39 Å². The smallest absolute Gasteiger partial charge is 0.408 e. The maximum absolute atomic E-state index is 15.5. The highest BCUT2D eigenvalue weighted by atomic mass is 32.1. The van der Waals surface area contributed by atoms with Gasteiger partial charge in [0.1, 0.15) is 18.0 Å². The van der Waals surface area contributed by atoms with E-state index < -0.39 is 29.6 Å². The van der Waals surface area contributed by atoms with E-state index in [0.717, 1.165) is 15.8 Å². The number of amides is 1. The molecule has 1 unspecified atom stereocenters. The Morgan fingerprint density at radius 1 is 1.35 bits per heavy atom. The monoisotopic (exact) mass is 524 g/mol. The summed E-state index contributed by atoms with van der Waals surface area (Å²) in [6.45, 7) is 1.11. The van der Waals surface area contributed by atoms with Crippen LogP contribution in [0.5, 0.6) is 0 Å². The highest BCUT2D eigenvalue weighted by Crippen LogP contribution is 2.37. The molecule has 0 spiro atoms. The average Bonchev–Trinajstić information content (AvgIpc) is 3.35. The molecule has 2 aromatic heterocycles. The van der Waals surface area contributed by atoms with Gasteiger partial charge in [0.15, 0.2) is 5.58 Å². The predicted molar refractivity (Wildman–Crippen MR) is 137 cm³/mol. The van der Waals surface area contributed by atoms with Crippen LogP contribution in [0.2, 0.25) is 0 Å². The number of fused-ring (bicyclic) bond motifs is 2. The summed E-state index contributed by atoms with van der Waals surface area (Å²) in [5.74, 6) is -1.30. The number of oxazole rings is 1. The molecule has 1 fully saturated rings. The predicted octanol–water partition coefficient (Wildman–Crippen LogP) is 2.71. The first-order valence-electron chi connectivity index (χ1n) is 11.7. The Bertz CT molecular complexity index is 1570. The summed E-state index contributed by atoms with van der Waals surface area (Å²) in [6.07, 6.45) is -0.911. The van der Waals surface area contributed by atoms with Gasteiger partial charge in [0.25, 0.3) is 5.91 Å². The number of thiophene rings is 1. The Morgan fingerprint density at radius 2 is 2.19 bits per heavy atom. The summed E-state index contributed by atoms with van der Waals surface area (Å²) in [4.78, 5) is 25.3. The molecule has 3 heterocycles. The molecule has 1 aliphatic rings. The molecule has 4 aromatic rings. The van der Waals surface area contributed by atoms with E-state index in [1.54, 1.807) is 32.4 Å². The van der Waals surface area contributed by atoms with E-state index in [9.17, 15) is 14.9 Å². The van der Waals surface area contributed by atoms with Crippen molar-refractivity contribution in [3.8, 4) is 16.5 Å². The number of carbonyl (C=O) groups excluding carboxylic acids is 1. The number of nitriles is 1. The molecule has 192 valence electrons. The minimum Gasteiger partial charge on any atom is -0.408 e. The number of nitrogens with one attached hydrogen (secondary N) is 2. The van der Waals surface area contributed by atoms with Crippen LogP contribution in [-0.4, -0.2) is 55.5 Å². The number of hydrogen-bond donors (Lipinski definition) is 2. The van der Waals surface area contributed by atoms with Gasteiger partial charge in [-0.15, -0.1) is 11.3 Å². The van der Waals surface area contributed by atoms with Crippen LogP contribution >= 0.6 is 11.3 Å². The SMILES string of the molecule is COC1CNC[C@H](C(=O)N[C@@H](C#N)Cc2ccc3cc(-c4ccc5oc(=O)n(C)c5c4)sc3c2F)OC1. The molecular formula is C26H25FN4O5S. The molecule has 0 radical (unpaired) electrons. The quantitative estimate of drug-likeness (QED) is 0.398. The summed E-state index contributed by atoms with van der Waals surface area (Å²) in [5.41, 5.74) is 2.30. The van der Waals surface area contributed by atoms with Crippen LogP contribution in [0.3, 0.4) is 0 Å². The Kier molecular flexibility index (Phi) is 7.08. The van der Waals surface area contributed by atoms with Gasteiger partial charge in [0, 0.05) is 38.5 Å². The van der Waals surface area contributed by atoms with Gasteiger partial charge in [-0.2, -0.15) is 5.26 Å². The molecule has 2 N–H and O–H groups in total. The number of aryl methyl sites for hydroxylation is 1. The van der Waals surface area contributed by atoms with E-state index in [1.165, 1.54) is 15.9 Å². The minimum atomic E-state index is -0.922. The second-order valence-electron chi connectivity index (χ2n) is 8.91. The fourth-order valence-corrected chi connectivity index (χ4v) is 5.46. The van der Waals surface area contributed by atoms with Gasteiger partial charge in [-0.3, -0.25) is 9.36 Å². The Hall–Kier alpha value is -3.56. The van der Waals surface area contributed by atoms with E-state index in [2.05, 4.69) is 16.7 Å². The van der Waals surface area contributed by atoms with Crippen molar-refractivity contribution in [2.24, 2.45) is 7.05 Å². The van der Waals surface area contributed by atoms with Crippen molar-refractivity contribution in [3.63, 3.8) is 0 Å². The second kappa shape index (κ2) is 10.4. The van der Waals surface area contributed by atoms with Gasteiger partial charge in [0.2, 0.25) is 0 Å². The van der Waals surface area contributed by atoms with Crippen molar-refractivity contribution < 1.29 is 23.1 Å². The molecule has 11 heteroatoms. The van der Waals surface area contributed by atoms with Crippen LogP contribution in [-0.2, 0) is 27.7 Å².